The van der Waals surface area contributed by atoms with Gasteiger partial charge in [0.15, 0.2) is 0 Å². The highest BCUT2D eigenvalue weighted by atomic mass is 19.1. The van der Waals surface area contributed by atoms with Crippen LogP contribution in [-0.4, -0.2) is 22.6 Å². The molecule has 0 saturated heterocycles. The zero-order valence-corrected chi connectivity index (χ0v) is 16.4. The average molecular weight is 380 g/mol. The van der Waals surface area contributed by atoms with Crippen molar-refractivity contribution < 1.29 is 9.13 Å². The Hall–Kier alpha value is -3.15. The molecule has 0 atom stereocenters. The summed E-state index contributed by atoms with van der Waals surface area (Å²) in [5, 5.41) is 6.52. The van der Waals surface area contributed by atoms with Crippen molar-refractivity contribution in [2.75, 3.05) is 17.2 Å². The number of nitrogens with one attached hydrogen (secondary N) is 2. The number of halogens is 1. The quantitative estimate of drug-likeness (QED) is 0.569. The van der Waals surface area contributed by atoms with Gasteiger partial charge in [-0.25, -0.2) is 9.37 Å². The molecule has 0 unspecified atom stereocenters. The Bertz CT molecular complexity index is 895. The fraction of sp³-hybridized carbons (Fsp3) is 0.273. The van der Waals surface area contributed by atoms with E-state index in [1.165, 1.54) is 12.1 Å². The van der Waals surface area contributed by atoms with Gasteiger partial charge in [0, 0.05) is 24.0 Å². The second-order valence-electron chi connectivity index (χ2n) is 6.84. The Labute approximate surface area is 165 Å². The average Bonchev–Trinajstić information content (AvgIpc) is 2.64. The van der Waals surface area contributed by atoms with Crippen LogP contribution in [0, 0.1) is 12.7 Å². The van der Waals surface area contributed by atoms with Gasteiger partial charge in [-0.1, -0.05) is 12.1 Å². The van der Waals surface area contributed by atoms with E-state index in [1.54, 1.807) is 12.1 Å². The molecule has 0 fully saturated rings. The van der Waals surface area contributed by atoms with E-state index in [1.807, 2.05) is 51.1 Å². The number of aromatic nitrogens is 2. The maximum Gasteiger partial charge on any atom is 0.229 e. The van der Waals surface area contributed by atoms with Crippen molar-refractivity contribution in [1.29, 1.82) is 0 Å². The molecule has 5 nitrogen and oxygen atoms in total. The van der Waals surface area contributed by atoms with Crippen LogP contribution in [-0.2, 0) is 6.42 Å². The van der Waals surface area contributed by atoms with Crippen LogP contribution < -0.4 is 15.4 Å². The first-order valence-electron chi connectivity index (χ1n) is 9.36. The van der Waals surface area contributed by atoms with E-state index in [-0.39, 0.29) is 11.9 Å². The van der Waals surface area contributed by atoms with Gasteiger partial charge in [0.1, 0.15) is 17.4 Å². The Kier molecular flexibility index (Phi) is 6.42. The van der Waals surface area contributed by atoms with Gasteiger partial charge in [-0.3, -0.25) is 0 Å². The lowest BCUT2D eigenvalue weighted by Gasteiger charge is -2.12. The minimum Gasteiger partial charge on any atom is -0.491 e. The van der Waals surface area contributed by atoms with Gasteiger partial charge in [-0.2, -0.15) is 4.98 Å². The van der Waals surface area contributed by atoms with Crippen LogP contribution in [0.4, 0.5) is 21.8 Å². The zero-order valence-electron chi connectivity index (χ0n) is 16.4. The first-order chi connectivity index (χ1) is 13.5. The number of nitrogens with zero attached hydrogens (tertiary/aromatic N) is 2. The maximum absolute atomic E-state index is 13.0. The normalized spacial score (nSPS) is 10.8. The van der Waals surface area contributed by atoms with Crippen molar-refractivity contribution in [3.05, 3.63) is 71.7 Å². The Morgan fingerprint density at radius 2 is 1.71 bits per heavy atom. The SMILES string of the molecule is Cc1cc(NCCc2ccc(F)cc2)nc(Nc2ccc(OC(C)C)cc2)n1. The summed E-state index contributed by atoms with van der Waals surface area (Å²) in [7, 11) is 0. The van der Waals surface area contributed by atoms with Crippen molar-refractivity contribution >= 4 is 17.5 Å². The van der Waals surface area contributed by atoms with Crippen LogP contribution >= 0.6 is 0 Å². The molecule has 0 radical (unpaired) electrons. The van der Waals surface area contributed by atoms with Gasteiger partial charge in [-0.15, -0.1) is 0 Å². The van der Waals surface area contributed by atoms with Crippen LogP contribution in [0.25, 0.3) is 0 Å². The number of anilines is 3. The van der Waals surface area contributed by atoms with E-state index in [0.717, 1.165) is 34.9 Å². The second kappa shape index (κ2) is 9.17. The van der Waals surface area contributed by atoms with Crippen molar-refractivity contribution in [2.24, 2.45) is 0 Å². The summed E-state index contributed by atoms with van der Waals surface area (Å²) < 4.78 is 18.6. The molecule has 28 heavy (non-hydrogen) atoms. The summed E-state index contributed by atoms with van der Waals surface area (Å²) in [6.07, 6.45) is 0.922. The number of ether oxygens (including phenoxy) is 1. The summed E-state index contributed by atoms with van der Waals surface area (Å²) >= 11 is 0. The Balaban J connectivity index is 1.60. The molecule has 1 aromatic heterocycles. The molecular weight excluding hydrogens is 355 g/mol. The smallest absolute Gasteiger partial charge is 0.229 e. The number of rotatable bonds is 8. The molecule has 0 bridgehead atoms. The van der Waals surface area contributed by atoms with Gasteiger partial charge in [-0.05, 0) is 69.2 Å². The molecule has 3 aromatic rings. The van der Waals surface area contributed by atoms with E-state index in [2.05, 4.69) is 20.6 Å². The molecule has 0 spiro atoms. The topological polar surface area (TPSA) is 59.1 Å². The lowest BCUT2D eigenvalue weighted by Crippen LogP contribution is -2.09. The molecular formula is C22H25FN4O. The third kappa shape index (κ3) is 5.94. The Morgan fingerprint density at radius 3 is 2.39 bits per heavy atom. The molecule has 0 aliphatic heterocycles. The zero-order chi connectivity index (χ0) is 19.9. The van der Waals surface area contributed by atoms with E-state index in [9.17, 15) is 4.39 Å². The molecule has 3 rings (SSSR count). The molecule has 1 heterocycles. The van der Waals surface area contributed by atoms with E-state index in [4.69, 9.17) is 4.74 Å². The van der Waals surface area contributed by atoms with Crippen LogP contribution in [0.5, 0.6) is 5.75 Å². The molecule has 0 aliphatic carbocycles. The van der Waals surface area contributed by atoms with E-state index >= 15 is 0 Å². The van der Waals surface area contributed by atoms with Gasteiger partial charge >= 0.3 is 0 Å². The first-order valence-corrected chi connectivity index (χ1v) is 9.36. The van der Waals surface area contributed by atoms with Crippen LogP contribution in [0.3, 0.4) is 0 Å². The minimum atomic E-state index is -0.220. The van der Waals surface area contributed by atoms with E-state index in [0.29, 0.717) is 12.5 Å². The first kappa shape index (κ1) is 19.6. The van der Waals surface area contributed by atoms with Crippen molar-refractivity contribution in [1.82, 2.24) is 9.97 Å². The fourth-order valence-electron chi connectivity index (χ4n) is 2.72. The molecule has 6 heteroatoms. The second-order valence-corrected chi connectivity index (χ2v) is 6.84. The van der Waals surface area contributed by atoms with Crippen LogP contribution in [0.1, 0.15) is 25.1 Å². The molecule has 0 amide bonds. The van der Waals surface area contributed by atoms with Crippen molar-refractivity contribution in [3.8, 4) is 5.75 Å². The summed E-state index contributed by atoms with van der Waals surface area (Å²) in [5.41, 5.74) is 2.82. The summed E-state index contributed by atoms with van der Waals surface area (Å²) in [4.78, 5) is 8.96. The molecule has 0 aliphatic rings. The maximum atomic E-state index is 13.0. The van der Waals surface area contributed by atoms with Gasteiger partial charge in [0.2, 0.25) is 5.95 Å². The Morgan fingerprint density at radius 1 is 1.00 bits per heavy atom. The largest absolute Gasteiger partial charge is 0.491 e. The summed E-state index contributed by atoms with van der Waals surface area (Å²) in [6, 6.07) is 16.1. The molecule has 146 valence electrons. The number of benzene rings is 2. The van der Waals surface area contributed by atoms with E-state index < -0.39 is 0 Å². The lowest BCUT2D eigenvalue weighted by molar-refractivity contribution is 0.242. The van der Waals surface area contributed by atoms with Crippen LogP contribution in [0.15, 0.2) is 54.6 Å². The minimum absolute atomic E-state index is 0.141. The predicted octanol–water partition coefficient (Wildman–Crippen LogP) is 5.11. The third-order valence-corrected chi connectivity index (χ3v) is 3.97. The fourth-order valence-corrected chi connectivity index (χ4v) is 2.72. The molecule has 2 N–H and O–H groups in total. The summed E-state index contributed by atoms with van der Waals surface area (Å²) in [6.45, 7) is 6.62. The van der Waals surface area contributed by atoms with Crippen molar-refractivity contribution in [2.45, 2.75) is 33.3 Å². The highest BCUT2D eigenvalue weighted by Crippen LogP contribution is 2.20. The van der Waals surface area contributed by atoms with Crippen LogP contribution in [0.2, 0.25) is 0 Å². The highest BCUT2D eigenvalue weighted by molar-refractivity contribution is 5.56. The number of aryl methyl sites for hydroxylation is 1. The van der Waals surface area contributed by atoms with Gasteiger partial charge in [0.25, 0.3) is 0 Å². The lowest BCUT2D eigenvalue weighted by atomic mass is 10.1. The third-order valence-electron chi connectivity index (χ3n) is 3.97. The number of hydrogen-bond donors (Lipinski definition) is 2. The van der Waals surface area contributed by atoms with Crippen molar-refractivity contribution in [3.63, 3.8) is 0 Å². The predicted molar refractivity (Wildman–Crippen MR) is 111 cm³/mol. The van der Waals surface area contributed by atoms with Gasteiger partial charge in [0.05, 0.1) is 6.10 Å². The monoisotopic (exact) mass is 380 g/mol. The highest BCUT2D eigenvalue weighted by Gasteiger charge is 2.04. The molecule has 2 aromatic carbocycles. The molecule has 0 saturated carbocycles. The summed E-state index contributed by atoms with van der Waals surface area (Å²) in [5.74, 6) is 1.88. The number of hydrogen-bond acceptors (Lipinski definition) is 5. The standard InChI is InChI=1S/C22H25FN4O/c1-15(2)28-20-10-8-19(9-11-20)26-22-25-16(3)14-21(27-22)24-13-12-17-4-6-18(23)7-5-17/h4-11,14-15H,12-13H2,1-3H3,(H2,24,25,26,27). The van der Waals surface area contributed by atoms with Gasteiger partial charge < -0.3 is 15.4 Å².